The van der Waals surface area contributed by atoms with E-state index in [1.54, 1.807) is 4.90 Å². The van der Waals surface area contributed by atoms with Crippen LogP contribution in [0.1, 0.15) is 12.5 Å². The van der Waals surface area contributed by atoms with Gasteiger partial charge < -0.3 is 10.5 Å². The molecule has 0 unspecified atom stereocenters. The number of nitrogens with one attached hydrogen (secondary N) is 1. The molecule has 3 N–H and O–H groups in total. The van der Waals surface area contributed by atoms with Crippen molar-refractivity contribution in [3.8, 4) is 5.75 Å². The molecule has 21 heavy (non-hydrogen) atoms. The van der Waals surface area contributed by atoms with Gasteiger partial charge in [-0.1, -0.05) is 24.3 Å². The van der Waals surface area contributed by atoms with Crippen LogP contribution in [0.15, 0.2) is 47.1 Å². The van der Waals surface area contributed by atoms with E-state index in [-0.39, 0.29) is 5.96 Å². The first-order chi connectivity index (χ1) is 10.1. The number of aromatic nitrogens is 1. The third-order valence-electron chi connectivity index (χ3n) is 2.87. The van der Waals surface area contributed by atoms with Crippen LogP contribution in [0.2, 0.25) is 0 Å². The summed E-state index contributed by atoms with van der Waals surface area (Å²) in [5.74, 6) is 1.34. The molecule has 0 atom stereocenters. The number of guanidine groups is 1. The minimum absolute atomic E-state index is 0.0631. The van der Waals surface area contributed by atoms with Crippen LogP contribution in [-0.4, -0.2) is 17.6 Å². The van der Waals surface area contributed by atoms with Crippen molar-refractivity contribution in [3.63, 3.8) is 0 Å². The van der Waals surface area contributed by atoms with Crippen LogP contribution in [-0.2, 0) is 6.54 Å². The molecule has 1 aromatic heterocycles. The SMILES string of the molecule is CCOc1ccccc1CN(C(=N)N)c1cccc(Br)n1. The molecule has 0 saturated carbocycles. The summed E-state index contributed by atoms with van der Waals surface area (Å²) in [5.41, 5.74) is 6.66. The molecule has 2 rings (SSSR count). The van der Waals surface area contributed by atoms with Gasteiger partial charge in [-0.2, -0.15) is 0 Å². The number of anilines is 1. The van der Waals surface area contributed by atoms with Crippen LogP contribution in [0.3, 0.4) is 0 Å². The fourth-order valence-electron chi connectivity index (χ4n) is 1.94. The number of nitrogens with two attached hydrogens (primary N) is 1. The number of benzene rings is 1. The first-order valence-electron chi connectivity index (χ1n) is 6.56. The summed E-state index contributed by atoms with van der Waals surface area (Å²) in [6.07, 6.45) is 0. The molecule has 0 bridgehead atoms. The van der Waals surface area contributed by atoms with Crippen LogP contribution in [0.5, 0.6) is 5.75 Å². The molecule has 0 aliphatic heterocycles. The Kier molecular flexibility index (Phi) is 5.16. The van der Waals surface area contributed by atoms with Gasteiger partial charge in [0.1, 0.15) is 16.2 Å². The average molecular weight is 349 g/mol. The van der Waals surface area contributed by atoms with Crippen molar-refractivity contribution in [2.75, 3.05) is 11.5 Å². The highest BCUT2D eigenvalue weighted by molar-refractivity contribution is 9.10. The third-order valence-corrected chi connectivity index (χ3v) is 3.31. The minimum Gasteiger partial charge on any atom is -0.494 e. The van der Waals surface area contributed by atoms with Gasteiger partial charge in [0.15, 0.2) is 5.96 Å². The molecule has 6 heteroatoms. The molecule has 0 aliphatic carbocycles. The number of hydrogen-bond donors (Lipinski definition) is 2. The zero-order valence-electron chi connectivity index (χ0n) is 11.7. The fraction of sp³-hybridized carbons (Fsp3) is 0.200. The Morgan fingerprint density at radius 2 is 2.05 bits per heavy atom. The van der Waals surface area contributed by atoms with Gasteiger partial charge in [0.2, 0.25) is 0 Å². The van der Waals surface area contributed by atoms with Crippen LogP contribution >= 0.6 is 15.9 Å². The second kappa shape index (κ2) is 7.08. The zero-order chi connectivity index (χ0) is 15.2. The Bertz CT molecular complexity index is 633. The Hall–Kier alpha value is -2.08. The highest BCUT2D eigenvalue weighted by Gasteiger charge is 2.14. The Labute approximate surface area is 132 Å². The average Bonchev–Trinajstić information content (AvgIpc) is 2.46. The third kappa shape index (κ3) is 3.95. The van der Waals surface area contributed by atoms with Gasteiger partial charge in [0.25, 0.3) is 0 Å². The maximum absolute atomic E-state index is 7.79. The second-order valence-electron chi connectivity index (χ2n) is 4.33. The quantitative estimate of drug-likeness (QED) is 0.494. The van der Waals surface area contributed by atoms with Crippen LogP contribution in [0, 0.1) is 5.41 Å². The van der Waals surface area contributed by atoms with E-state index in [1.165, 1.54) is 0 Å². The maximum Gasteiger partial charge on any atom is 0.194 e. The highest BCUT2D eigenvalue weighted by Crippen LogP contribution is 2.23. The van der Waals surface area contributed by atoms with E-state index in [2.05, 4.69) is 20.9 Å². The predicted molar refractivity (Wildman–Crippen MR) is 87.6 cm³/mol. The van der Waals surface area contributed by atoms with Crippen molar-refractivity contribution < 1.29 is 4.74 Å². The maximum atomic E-state index is 7.79. The highest BCUT2D eigenvalue weighted by atomic mass is 79.9. The zero-order valence-corrected chi connectivity index (χ0v) is 13.3. The summed E-state index contributed by atoms with van der Waals surface area (Å²) in [5, 5.41) is 7.79. The van der Waals surface area contributed by atoms with Crippen LogP contribution in [0.4, 0.5) is 5.82 Å². The van der Waals surface area contributed by atoms with E-state index < -0.39 is 0 Å². The molecule has 0 fully saturated rings. The summed E-state index contributed by atoms with van der Waals surface area (Å²) in [4.78, 5) is 5.98. The smallest absolute Gasteiger partial charge is 0.194 e. The number of para-hydroxylation sites is 1. The van der Waals surface area contributed by atoms with E-state index in [0.29, 0.717) is 23.6 Å². The Morgan fingerprint density at radius 1 is 1.29 bits per heavy atom. The number of pyridine rings is 1. The molecule has 110 valence electrons. The van der Waals surface area contributed by atoms with Crippen molar-refractivity contribution in [1.29, 1.82) is 5.41 Å². The molecule has 0 saturated heterocycles. The number of rotatable bonds is 5. The number of nitrogens with zero attached hydrogens (tertiary/aromatic N) is 2. The van der Waals surface area contributed by atoms with Crippen molar-refractivity contribution in [1.82, 2.24) is 4.98 Å². The lowest BCUT2D eigenvalue weighted by molar-refractivity contribution is 0.336. The molecule has 0 amide bonds. The fourth-order valence-corrected chi connectivity index (χ4v) is 2.27. The minimum atomic E-state index is -0.0631. The lowest BCUT2D eigenvalue weighted by atomic mass is 10.2. The number of halogens is 1. The molecule has 0 spiro atoms. The van der Waals surface area contributed by atoms with E-state index in [9.17, 15) is 0 Å². The molecule has 1 aromatic carbocycles. The monoisotopic (exact) mass is 348 g/mol. The van der Waals surface area contributed by atoms with Crippen molar-refractivity contribution in [2.24, 2.45) is 5.73 Å². The molecule has 1 heterocycles. The first kappa shape index (κ1) is 15.3. The molecule has 2 aromatic rings. The van der Waals surface area contributed by atoms with Crippen molar-refractivity contribution in [3.05, 3.63) is 52.6 Å². The molecule has 5 nitrogen and oxygen atoms in total. The number of hydrogen-bond acceptors (Lipinski definition) is 3. The first-order valence-corrected chi connectivity index (χ1v) is 7.36. The van der Waals surface area contributed by atoms with Crippen LogP contribution in [0.25, 0.3) is 0 Å². The van der Waals surface area contributed by atoms with Crippen molar-refractivity contribution in [2.45, 2.75) is 13.5 Å². The summed E-state index contributed by atoms with van der Waals surface area (Å²) < 4.78 is 6.31. The summed E-state index contributed by atoms with van der Waals surface area (Å²) in [6, 6.07) is 13.2. The molecule has 0 radical (unpaired) electrons. The summed E-state index contributed by atoms with van der Waals surface area (Å²) in [6.45, 7) is 2.95. The van der Waals surface area contributed by atoms with Gasteiger partial charge in [-0.05, 0) is 41.1 Å². The van der Waals surface area contributed by atoms with Gasteiger partial charge in [-0.25, -0.2) is 4.98 Å². The standard InChI is InChI=1S/C15H17BrN4O/c1-2-21-12-7-4-3-6-11(12)10-20(15(17)18)14-9-5-8-13(16)19-14/h3-9H,2,10H2,1H3,(H3,17,18). The second-order valence-corrected chi connectivity index (χ2v) is 5.14. The predicted octanol–water partition coefficient (Wildman–Crippen LogP) is 3.14. The number of ether oxygens (including phenoxy) is 1. The van der Waals surface area contributed by atoms with E-state index in [0.717, 1.165) is 11.3 Å². The van der Waals surface area contributed by atoms with E-state index >= 15 is 0 Å². The Balaban J connectivity index is 2.31. The van der Waals surface area contributed by atoms with Gasteiger partial charge in [-0.15, -0.1) is 0 Å². The molecule has 0 aliphatic rings. The summed E-state index contributed by atoms with van der Waals surface area (Å²) in [7, 11) is 0. The van der Waals surface area contributed by atoms with E-state index in [1.807, 2.05) is 49.4 Å². The van der Waals surface area contributed by atoms with Gasteiger partial charge >= 0.3 is 0 Å². The largest absolute Gasteiger partial charge is 0.494 e. The topological polar surface area (TPSA) is 75.2 Å². The van der Waals surface area contributed by atoms with Gasteiger partial charge in [-0.3, -0.25) is 10.3 Å². The van der Waals surface area contributed by atoms with E-state index in [4.69, 9.17) is 15.9 Å². The summed E-state index contributed by atoms with van der Waals surface area (Å²) >= 11 is 3.33. The van der Waals surface area contributed by atoms with Gasteiger partial charge in [0, 0.05) is 5.56 Å². The Morgan fingerprint density at radius 3 is 2.71 bits per heavy atom. The lowest BCUT2D eigenvalue weighted by Crippen LogP contribution is -2.36. The lowest BCUT2D eigenvalue weighted by Gasteiger charge is -2.23. The van der Waals surface area contributed by atoms with Crippen molar-refractivity contribution >= 4 is 27.7 Å². The molecular weight excluding hydrogens is 332 g/mol. The van der Waals surface area contributed by atoms with Crippen LogP contribution < -0.4 is 15.4 Å². The normalized spacial score (nSPS) is 10.2. The van der Waals surface area contributed by atoms with Gasteiger partial charge in [0.05, 0.1) is 13.2 Å². The molecular formula is C15H17BrN4O.